The topological polar surface area (TPSA) is 41.9 Å². The van der Waals surface area contributed by atoms with Crippen LogP contribution in [0.1, 0.15) is 24.4 Å². The predicted octanol–water partition coefficient (Wildman–Crippen LogP) is 1.79. The maximum Gasteiger partial charge on any atom is 0.231 e. The molecule has 2 aliphatic rings. The minimum absolute atomic E-state index is 0.240. The first-order valence-electron chi connectivity index (χ1n) is 6.50. The zero-order valence-corrected chi connectivity index (χ0v) is 10.6. The van der Waals surface area contributed by atoms with E-state index < -0.39 is 0 Å². The summed E-state index contributed by atoms with van der Waals surface area (Å²) in [5, 5.41) is 9.55. The number of fused-ring (bicyclic) bond motifs is 1. The van der Waals surface area contributed by atoms with E-state index in [1.54, 1.807) is 0 Å². The number of aliphatic hydroxyl groups excluding tert-OH is 1. The summed E-state index contributed by atoms with van der Waals surface area (Å²) < 4.78 is 10.8. The Balaban J connectivity index is 1.91. The Bertz CT molecular complexity index is 435. The predicted molar refractivity (Wildman–Crippen MR) is 67.7 cm³/mol. The molecular formula is C14H19NO3. The Labute approximate surface area is 107 Å². The van der Waals surface area contributed by atoms with Crippen molar-refractivity contribution < 1.29 is 14.6 Å². The lowest BCUT2D eigenvalue weighted by Gasteiger charge is -2.38. The molecule has 2 atom stereocenters. The van der Waals surface area contributed by atoms with E-state index in [-0.39, 0.29) is 12.6 Å². The van der Waals surface area contributed by atoms with E-state index in [1.165, 1.54) is 5.56 Å². The van der Waals surface area contributed by atoms with E-state index in [4.69, 9.17) is 9.47 Å². The van der Waals surface area contributed by atoms with Crippen LogP contribution in [0, 0.1) is 5.92 Å². The molecule has 1 N–H and O–H groups in total. The second-order valence-corrected chi connectivity index (χ2v) is 5.12. The number of hydrogen-bond acceptors (Lipinski definition) is 4. The van der Waals surface area contributed by atoms with Gasteiger partial charge in [-0.2, -0.15) is 0 Å². The van der Waals surface area contributed by atoms with Crippen molar-refractivity contribution in [1.29, 1.82) is 0 Å². The summed E-state index contributed by atoms with van der Waals surface area (Å²) in [4.78, 5) is 2.32. The summed E-state index contributed by atoms with van der Waals surface area (Å²) in [7, 11) is 2.12. The van der Waals surface area contributed by atoms with E-state index >= 15 is 0 Å². The molecule has 0 amide bonds. The second-order valence-electron chi connectivity index (χ2n) is 5.12. The van der Waals surface area contributed by atoms with Gasteiger partial charge in [-0.1, -0.05) is 6.07 Å². The molecule has 0 bridgehead atoms. The highest BCUT2D eigenvalue weighted by atomic mass is 16.7. The van der Waals surface area contributed by atoms with Gasteiger partial charge in [0.1, 0.15) is 0 Å². The number of nitrogens with zero attached hydrogens (tertiary/aromatic N) is 1. The molecule has 4 heteroatoms. The second kappa shape index (κ2) is 4.78. The third kappa shape index (κ3) is 1.95. The SMILES string of the molecule is CN1CCCC(CO)C1c1ccc2c(c1)OCO2. The quantitative estimate of drug-likeness (QED) is 0.867. The van der Waals surface area contributed by atoms with Gasteiger partial charge in [-0.25, -0.2) is 0 Å². The number of hydrogen-bond donors (Lipinski definition) is 1. The van der Waals surface area contributed by atoms with E-state index in [0.29, 0.717) is 12.7 Å². The fourth-order valence-electron chi connectivity index (χ4n) is 3.07. The molecule has 3 rings (SSSR count). The first-order chi connectivity index (χ1) is 8.79. The van der Waals surface area contributed by atoms with Crippen LogP contribution in [-0.4, -0.2) is 37.0 Å². The van der Waals surface area contributed by atoms with Crippen molar-refractivity contribution in [1.82, 2.24) is 4.90 Å². The van der Waals surface area contributed by atoms with Gasteiger partial charge in [0.05, 0.1) is 0 Å². The number of ether oxygens (including phenoxy) is 2. The van der Waals surface area contributed by atoms with Crippen molar-refractivity contribution in [3.05, 3.63) is 23.8 Å². The summed E-state index contributed by atoms with van der Waals surface area (Å²) in [6, 6.07) is 6.38. The van der Waals surface area contributed by atoms with Gasteiger partial charge in [-0.3, -0.25) is 4.90 Å². The molecule has 0 saturated carbocycles. The molecule has 0 radical (unpaired) electrons. The Morgan fingerprint density at radius 1 is 1.33 bits per heavy atom. The average molecular weight is 249 g/mol. The van der Waals surface area contributed by atoms with Crippen LogP contribution in [0.5, 0.6) is 11.5 Å². The first kappa shape index (κ1) is 11.8. The fraction of sp³-hybridized carbons (Fsp3) is 0.571. The molecule has 18 heavy (non-hydrogen) atoms. The van der Waals surface area contributed by atoms with Crippen molar-refractivity contribution in [3.63, 3.8) is 0 Å². The number of piperidine rings is 1. The van der Waals surface area contributed by atoms with Crippen molar-refractivity contribution in [2.24, 2.45) is 5.92 Å². The summed E-state index contributed by atoms with van der Waals surface area (Å²) in [5.74, 6) is 1.95. The zero-order valence-electron chi connectivity index (χ0n) is 10.6. The zero-order chi connectivity index (χ0) is 12.5. The molecule has 0 aliphatic carbocycles. The third-order valence-electron chi connectivity index (χ3n) is 3.98. The van der Waals surface area contributed by atoms with E-state index in [0.717, 1.165) is 30.9 Å². The van der Waals surface area contributed by atoms with Crippen LogP contribution >= 0.6 is 0 Å². The average Bonchev–Trinajstić information content (AvgIpc) is 2.85. The van der Waals surface area contributed by atoms with Crippen LogP contribution in [0.4, 0.5) is 0 Å². The highest BCUT2D eigenvalue weighted by Gasteiger charge is 2.31. The molecule has 1 fully saturated rings. The van der Waals surface area contributed by atoms with Gasteiger partial charge in [-0.05, 0) is 44.1 Å². The summed E-state index contributed by atoms with van der Waals surface area (Å²) in [6.07, 6.45) is 2.24. The van der Waals surface area contributed by atoms with Gasteiger partial charge in [0.15, 0.2) is 11.5 Å². The van der Waals surface area contributed by atoms with Gasteiger partial charge >= 0.3 is 0 Å². The lowest BCUT2D eigenvalue weighted by atomic mass is 9.85. The van der Waals surface area contributed by atoms with Crippen LogP contribution in [0.3, 0.4) is 0 Å². The van der Waals surface area contributed by atoms with Crippen LogP contribution in [0.25, 0.3) is 0 Å². The molecule has 2 heterocycles. The van der Waals surface area contributed by atoms with Crippen LogP contribution < -0.4 is 9.47 Å². The Hall–Kier alpha value is -1.26. The fourth-order valence-corrected chi connectivity index (χ4v) is 3.07. The number of rotatable bonds is 2. The molecule has 1 aromatic rings. The number of benzene rings is 1. The molecular weight excluding hydrogens is 230 g/mol. The van der Waals surface area contributed by atoms with E-state index in [1.807, 2.05) is 6.07 Å². The van der Waals surface area contributed by atoms with E-state index in [9.17, 15) is 5.11 Å². The summed E-state index contributed by atoms with van der Waals surface area (Å²) >= 11 is 0. The Kier molecular flexibility index (Phi) is 3.14. The summed E-state index contributed by atoms with van der Waals surface area (Å²) in [5.41, 5.74) is 1.21. The van der Waals surface area contributed by atoms with Gasteiger partial charge in [0, 0.05) is 18.6 Å². The van der Waals surface area contributed by atoms with Crippen LogP contribution in [-0.2, 0) is 0 Å². The minimum atomic E-state index is 0.240. The van der Waals surface area contributed by atoms with Crippen molar-refractivity contribution in [2.75, 3.05) is 27.0 Å². The smallest absolute Gasteiger partial charge is 0.231 e. The largest absolute Gasteiger partial charge is 0.454 e. The van der Waals surface area contributed by atoms with Gasteiger partial charge in [0.25, 0.3) is 0 Å². The number of likely N-dealkylation sites (tertiary alicyclic amines) is 1. The molecule has 1 saturated heterocycles. The van der Waals surface area contributed by atoms with Crippen molar-refractivity contribution in [2.45, 2.75) is 18.9 Å². The number of aliphatic hydroxyl groups is 1. The third-order valence-corrected chi connectivity index (χ3v) is 3.98. The van der Waals surface area contributed by atoms with Gasteiger partial charge in [0.2, 0.25) is 6.79 Å². The molecule has 98 valence electrons. The van der Waals surface area contributed by atoms with Gasteiger partial charge in [-0.15, -0.1) is 0 Å². The molecule has 2 unspecified atom stereocenters. The molecule has 1 aromatic carbocycles. The molecule has 0 aromatic heterocycles. The summed E-state index contributed by atoms with van der Waals surface area (Å²) in [6.45, 7) is 1.63. The maximum absolute atomic E-state index is 9.55. The van der Waals surface area contributed by atoms with Crippen molar-refractivity contribution in [3.8, 4) is 11.5 Å². The van der Waals surface area contributed by atoms with Crippen LogP contribution in [0.2, 0.25) is 0 Å². The lowest BCUT2D eigenvalue weighted by molar-refractivity contribution is 0.0741. The molecule has 4 nitrogen and oxygen atoms in total. The Morgan fingerprint density at radius 3 is 3.00 bits per heavy atom. The first-order valence-corrected chi connectivity index (χ1v) is 6.50. The monoisotopic (exact) mass is 249 g/mol. The van der Waals surface area contributed by atoms with Crippen LogP contribution in [0.15, 0.2) is 18.2 Å². The van der Waals surface area contributed by atoms with Crippen molar-refractivity contribution >= 4 is 0 Å². The van der Waals surface area contributed by atoms with E-state index in [2.05, 4.69) is 24.1 Å². The van der Waals surface area contributed by atoms with Gasteiger partial charge < -0.3 is 14.6 Å². The Morgan fingerprint density at radius 2 is 2.17 bits per heavy atom. The highest BCUT2D eigenvalue weighted by Crippen LogP contribution is 2.40. The highest BCUT2D eigenvalue weighted by molar-refractivity contribution is 5.45. The molecule has 2 aliphatic heterocycles. The minimum Gasteiger partial charge on any atom is -0.454 e. The normalized spacial score (nSPS) is 27.4. The molecule has 0 spiro atoms. The standard InChI is InChI=1S/C14H19NO3/c1-15-6-2-3-11(8-16)14(15)10-4-5-12-13(7-10)18-9-17-12/h4-5,7,11,14,16H,2-3,6,8-9H2,1H3. The maximum atomic E-state index is 9.55. The lowest BCUT2D eigenvalue weighted by Crippen LogP contribution is -2.37.